The van der Waals surface area contributed by atoms with Gasteiger partial charge in [-0.15, -0.1) is 0 Å². The minimum absolute atomic E-state index is 0.101. The van der Waals surface area contributed by atoms with Gasteiger partial charge in [-0.3, -0.25) is 0 Å². The molecule has 0 heterocycles. The second-order valence-corrected chi connectivity index (χ2v) is 13.7. The molecule has 30 heavy (non-hydrogen) atoms. The van der Waals surface area contributed by atoms with Gasteiger partial charge in [-0.25, -0.2) is 4.79 Å². The van der Waals surface area contributed by atoms with E-state index in [-0.39, 0.29) is 17.7 Å². The smallest absolute Gasteiger partial charge is 0.404 e. The Kier molecular flexibility index (Phi) is 6.70. The largest absolute Gasteiger partial charge is 0.465 e. The molecule has 0 atom stereocenters. The fraction of sp³-hybridized carbons (Fsp3) is 0.458. The predicted octanol–water partition coefficient (Wildman–Crippen LogP) is 3.50. The fourth-order valence-electron chi connectivity index (χ4n) is 4.62. The van der Waals surface area contributed by atoms with Gasteiger partial charge in [0.05, 0.1) is 12.2 Å². The molecule has 5 nitrogen and oxygen atoms in total. The molecular formula is C24H33NO4Si. The van der Waals surface area contributed by atoms with E-state index in [1.54, 1.807) is 0 Å². The van der Waals surface area contributed by atoms with E-state index in [2.05, 4.69) is 50.4 Å². The van der Waals surface area contributed by atoms with E-state index in [0.717, 1.165) is 0 Å². The third kappa shape index (κ3) is 4.77. The first-order valence-electron chi connectivity index (χ1n) is 10.6. The molecule has 1 aliphatic rings. The molecule has 2 aromatic carbocycles. The zero-order valence-corrected chi connectivity index (χ0v) is 19.1. The third-order valence-corrected chi connectivity index (χ3v) is 11.2. The van der Waals surface area contributed by atoms with E-state index in [4.69, 9.17) is 9.53 Å². The number of benzene rings is 2. The third-order valence-electron chi connectivity index (χ3n) is 6.22. The normalized spacial score (nSPS) is 22.5. The van der Waals surface area contributed by atoms with Gasteiger partial charge in [0.25, 0.3) is 8.32 Å². The summed E-state index contributed by atoms with van der Waals surface area (Å²) in [6.45, 7) is 6.91. The van der Waals surface area contributed by atoms with Crippen LogP contribution in [0.25, 0.3) is 0 Å². The van der Waals surface area contributed by atoms with Crippen molar-refractivity contribution in [3.63, 3.8) is 0 Å². The second kappa shape index (κ2) is 8.92. The molecule has 0 aromatic heterocycles. The average Bonchev–Trinajstić information content (AvgIpc) is 2.71. The first kappa shape index (κ1) is 22.5. The Balaban J connectivity index is 1.90. The summed E-state index contributed by atoms with van der Waals surface area (Å²) >= 11 is 0. The zero-order chi connectivity index (χ0) is 21.8. The summed E-state index contributed by atoms with van der Waals surface area (Å²) in [7, 11) is -2.69. The molecule has 162 valence electrons. The van der Waals surface area contributed by atoms with Crippen LogP contribution in [0.2, 0.25) is 5.04 Å². The topological polar surface area (TPSA) is 78.8 Å². The first-order chi connectivity index (χ1) is 14.2. The van der Waals surface area contributed by atoms with Crippen molar-refractivity contribution in [1.29, 1.82) is 0 Å². The Hall–Kier alpha value is -2.15. The van der Waals surface area contributed by atoms with E-state index in [1.807, 2.05) is 36.4 Å². The molecule has 0 radical (unpaired) electrons. The van der Waals surface area contributed by atoms with Crippen molar-refractivity contribution >= 4 is 24.8 Å². The number of hydrogen-bond acceptors (Lipinski definition) is 3. The van der Waals surface area contributed by atoms with Gasteiger partial charge in [-0.05, 0) is 41.1 Å². The summed E-state index contributed by atoms with van der Waals surface area (Å²) < 4.78 is 6.88. The van der Waals surface area contributed by atoms with Crippen molar-refractivity contribution < 1.29 is 19.4 Å². The van der Waals surface area contributed by atoms with Crippen LogP contribution in [0, 0.1) is 0 Å². The molecule has 1 aliphatic carbocycles. The molecule has 3 N–H and O–H groups in total. The van der Waals surface area contributed by atoms with Gasteiger partial charge in [-0.2, -0.15) is 0 Å². The Morgan fingerprint density at radius 1 is 1.03 bits per heavy atom. The van der Waals surface area contributed by atoms with Gasteiger partial charge in [0.1, 0.15) is 0 Å². The van der Waals surface area contributed by atoms with E-state index in [1.165, 1.54) is 10.4 Å². The van der Waals surface area contributed by atoms with E-state index >= 15 is 0 Å². The monoisotopic (exact) mass is 427 g/mol. The summed E-state index contributed by atoms with van der Waals surface area (Å²) in [5, 5.41) is 25.0. The quantitative estimate of drug-likeness (QED) is 0.617. The average molecular weight is 428 g/mol. The number of nitrogens with one attached hydrogen (secondary N) is 1. The van der Waals surface area contributed by atoms with Gasteiger partial charge >= 0.3 is 6.09 Å². The van der Waals surface area contributed by atoms with E-state index < -0.39 is 20.0 Å². The van der Waals surface area contributed by atoms with Gasteiger partial charge in [0, 0.05) is 6.04 Å². The summed E-state index contributed by atoms with van der Waals surface area (Å²) in [6, 6.07) is 20.7. The van der Waals surface area contributed by atoms with Crippen LogP contribution in [-0.2, 0) is 4.43 Å². The number of hydrogen-bond donors (Lipinski definition) is 3. The predicted molar refractivity (Wildman–Crippen MR) is 122 cm³/mol. The molecule has 0 unspecified atom stereocenters. The van der Waals surface area contributed by atoms with Crippen LogP contribution < -0.4 is 15.7 Å². The van der Waals surface area contributed by atoms with E-state index in [0.29, 0.717) is 25.7 Å². The SMILES string of the molecule is CC(C)(C)[Si](OCC1(O)CCC(NC(=O)O)CC1)(c1ccccc1)c1ccccc1. The summed E-state index contributed by atoms with van der Waals surface area (Å²) in [5.74, 6) is 0. The highest BCUT2D eigenvalue weighted by molar-refractivity contribution is 6.99. The fourth-order valence-corrected chi connectivity index (χ4v) is 9.26. The molecule has 1 amide bonds. The second-order valence-electron chi connectivity index (χ2n) is 9.40. The molecular weight excluding hydrogens is 394 g/mol. The Bertz CT molecular complexity index is 788. The lowest BCUT2D eigenvalue weighted by molar-refractivity contribution is -0.0418. The van der Waals surface area contributed by atoms with Crippen LogP contribution in [0.1, 0.15) is 46.5 Å². The molecule has 0 spiro atoms. The lowest BCUT2D eigenvalue weighted by Gasteiger charge is -2.45. The summed E-state index contributed by atoms with van der Waals surface area (Å²) in [6.07, 6.45) is 1.28. The maximum atomic E-state index is 11.3. The van der Waals surface area contributed by atoms with Crippen molar-refractivity contribution in [2.24, 2.45) is 0 Å². The number of carboxylic acid groups (broad SMARTS) is 1. The lowest BCUT2D eigenvalue weighted by atomic mass is 9.83. The Labute approximate surface area is 180 Å². The number of rotatable bonds is 6. The Morgan fingerprint density at radius 3 is 1.90 bits per heavy atom. The maximum Gasteiger partial charge on any atom is 0.404 e. The van der Waals surface area contributed by atoms with Crippen molar-refractivity contribution in [2.45, 2.75) is 63.1 Å². The minimum Gasteiger partial charge on any atom is -0.465 e. The van der Waals surface area contributed by atoms with Crippen LogP contribution in [0.5, 0.6) is 0 Å². The Morgan fingerprint density at radius 2 is 1.50 bits per heavy atom. The highest BCUT2D eigenvalue weighted by Crippen LogP contribution is 2.38. The van der Waals surface area contributed by atoms with Crippen LogP contribution in [0.4, 0.5) is 4.79 Å². The van der Waals surface area contributed by atoms with Crippen LogP contribution in [-0.4, -0.2) is 42.9 Å². The van der Waals surface area contributed by atoms with E-state index in [9.17, 15) is 9.90 Å². The van der Waals surface area contributed by atoms with Crippen molar-refractivity contribution in [1.82, 2.24) is 5.32 Å². The maximum absolute atomic E-state index is 11.3. The number of aliphatic hydroxyl groups is 1. The molecule has 0 aliphatic heterocycles. The van der Waals surface area contributed by atoms with Crippen molar-refractivity contribution in [3.8, 4) is 0 Å². The minimum atomic E-state index is -2.69. The highest BCUT2D eigenvalue weighted by Gasteiger charge is 2.51. The van der Waals surface area contributed by atoms with Crippen LogP contribution in [0.3, 0.4) is 0 Å². The van der Waals surface area contributed by atoms with Crippen molar-refractivity contribution in [2.75, 3.05) is 6.61 Å². The van der Waals surface area contributed by atoms with Crippen LogP contribution in [0.15, 0.2) is 60.7 Å². The highest BCUT2D eigenvalue weighted by atomic mass is 28.4. The van der Waals surface area contributed by atoms with Gasteiger partial charge in [-0.1, -0.05) is 81.4 Å². The van der Waals surface area contributed by atoms with Gasteiger partial charge in [0.2, 0.25) is 0 Å². The first-order valence-corrected chi connectivity index (χ1v) is 12.5. The molecule has 6 heteroatoms. The molecule has 1 saturated carbocycles. The zero-order valence-electron chi connectivity index (χ0n) is 18.1. The lowest BCUT2D eigenvalue weighted by Crippen LogP contribution is -2.67. The molecule has 0 bridgehead atoms. The van der Waals surface area contributed by atoms with Gasteiger partial charge < -0.3 is 20.0 Å². The summed E-state index contributed by atoms with van der Waals surface area (Å²) in [4.78, 5) is 10.9. The standard InChI is InChI=1S/C24H33NO4Si/c1-23(2,3)30(20-10-6-4-7-11-20,21-12-8-5-9-13-21)29-18-24(28)16-14-19(15-17-24)25-22(26)27/h4-13,19,25,28H,14-18H2,1-3H3,(H,26,27). The number of amides is 1. The van der Waals surface area contributed by atoms with Crippen LogP contribution >= 0.6 is 0 Å². The van der Waals surface area contributed by atoms with Gasteiger partial charge in [0.15, 0.2) is 0 Å². The van der Waals surface area contributed by atoms with Crippen molar-refractivity contribution in [3.05, 3.63) is 60.7 Å². The number of carbonyl (C=O) groups is 1. The molecule has 0 saturated heterocycles. The molecule has 2 aromatic rings. The molecule has 3 rings (SSSR count). The molecule has 1 fully saturated rings. The summed E-state index contributed by atoms with van der Waals surface area (Å²) in [5.41, 5.74) is -0.941.